The molecule has 2 fully saturated rings. The third kappa shape index (κ3) is 6.07. The number of hydrogen-bond donors (Lipinski definition) is 4. The molecule has 2 aliphatic rings. The highest BCUT2D eigenvalue weighted by atomic mass is 32.2. The summed E-state index contributed by atoms with van der Waals surface area (Å²) >= 11 is 0. The predicted molar refractivity (Wildman–Crippen MR) is 151 cm³/mol. The summed E-state index contributed by atoms with van der Waals surface area (Å²) in [6, 6.07) is 5.12. The topological polar surface area (TPSA) is 188 Å². The van der Waals surface area contributed by atoms with Crippen LogP contribution in [0.4, 0.5) is 16.3 Å². The van der Waals surface area contributed by atoms with E-state index in [0.29, 0.717) is 17.9 Å². The summed E-state index contributed by atoms with van der Waals surface area (Å²) in [7, 11) is -3.72. The van der Waals surface area contributed by atoms with Crippen LogP contribution < -0.4 is 20.7 Å². The van der Waals surface area contributed by atoms with Gasteiger partial charge in [-0.1, -0.05) is 0 Å². The van der Waals surface area contributed by atoms with Crippen LogP contribution in [0.25, 0.3) is 11.2 Å². The van der Waals surface area contributed by atoms with Crippen molar-refractivity contribution in [2.24, 2.45) is 0 Å². The first kappa shape index (κ1) is 29.8. The van der Waals surface area contributed by atoms with Crippen LogP contribution in [-0.2, 0) is 29.0 Å². The van der Waals surface area contributed by atoms with Crippen molar-refractivity contribution in [1.29, 1.82) is 0 Å². The Kier molecular flexibility index (Phi) is 7.69. The zero-order valence-electron chi connectivity index (χ0n) is 24.0. The summed E-state index contributed by atoms with van der Waals surface area (Å²) in [6.07, 6.45) is -0.218. The lowest BCUT2D eigenvalue weighted by Gasteiger charge is -2.24. The second-order valence-corrected chi connectivity index (χ2v) is 13.1. The number of likely N-dealkylation sites (N-methyl/N-ethyl adjacent to an activating group) is 1. The van der Waals surface area contributed by atoms with Gasteiger partial charge in [0.1, 0.15) is 18.5 Å². The van der Waals surface area contributed by atoms with Gasteiger partial charge >= 0.3 is 6.03 Å². The normalized spacial score (nSPS) is 23.5. The van der Waals surface area contributed by atoms with Gasteiger partial charge < -0.3 is 24.8 Å². The molecule has 0 aliphatic carbocycles. The van der Waals surface area contributed by atoms with Gasteiger partial charge in [0.25, 0.3) is 5.91 Å². The van der Waals surface area contributed by atoms with Gasteiger partial charge in [0.2, 0.25) is 10.0 Å². The first-order valence-electron chi connectivity index (χ1n) is 13.4. The number of anilines is 2. The van der Waals surface area contributed by atoms with Crippen molar-refractivity contribution >= 4 is 44.6 Å². The van der Waals surface area contributed by atoms with Crippen molar-refractivity contribution in [2.45, 2.75) is 82.3 Å². The van der Waals surface area contributed by atoms with Gasteiger partial charge in [0.15, 0.2) is 35.1 Å². The lowest BCUT2D eigenvalue weighted by molar-refractivity contribution is -0.197. The number of amides is 3. The molecule has 226 valence electrons. The number of hydrogen-bond acceptors (Lipinski definition) is 10. The van der Waals surface area contributed by atoms with Gasteiger partial charge in [0.05, 0.1) is 11.2 Å². The quantitative estimate of drug-likeness (QED) is 0.312. The molecular formula is C26H34N8O7S. The molecule has 2 aromatic heterocycles. The summed E-state index contributed by atoms with van der Waals surface area (Å²) in [5, 5.41) is 8.06. The SMILES string of the molecule is CCNC(=O)[C@H]1O[C@@H](n2cnc3c(NC(=O)Nc4ccc(S(=O)(=O)NC(C)(C)C)cc4)ncnc32)[C@@H]2OC(C)(C)O[C@@H]21. The van der Waals surface area contributed by atoms with E-state index in [0.717, 1.165) is 0 Å². The fourth-order valence-electron chi connectivity index (χ4n) is 4.87. The highest BCUT2D eigenvalue weighted by Gasteiger charge is 2.58. The average molecular weight is 603 g/mol. The third-order valence-electron chi connectivity index (χ3n) is 6.37. The second-order valence-electron chi connectivity index (χ2n) is 11.4. The Morgan fingerprint density at radius 1 is 1.02 bits per heavy atom. The highest BCUT2D eigenvalue weighted by molar-refractivity contribution is 7.89. The van der Waals surface area contributed by atoms with Crippen LogP contribution in [0.15, 0.2) is 41.8 Å². The summed E-state index contributed by atoms with van der Waals surface area (Å²) in [5.41, 5.74) is 0.342. The first-order valence-corrected chi connectivity index (χ1v) is 14.8. The molecule has 2 saturated heterocycles. The van der Waals surface area contributed by atoms with E-state index in [2.05, 4.69) is 35.6 Å². The molecule has 3 aromatic rings. The average Bonchev–Trinajstić information content (AvgIpc) is 3.54. The Labute approximate surface area is 242 Å². The Morgan fingerprint density at radius 2 is 1.71 bits per heavy atom. The molecule has 0 saturated carbocycles. The number of aromatic nitrogens is 4. The van der Waals surface area contributed by atoms with Crippen LogP contribution in [0.1, 0.15) is 47.8 Å². The summed E-state index contributed by atoms with van der Waals surface area (Å²) < 4.78 is 47.5. The van der Waals surface area contributed by atoms with Gasteiger partial charge in [-0.25, -0.2) is 32.9 Å². The van der Waals surface area contributed by atoms with E-state index < -0.39 is 51.9 Å². The summed E-state index contributed by atoms with van der Waals surface area (Å²) in [5.74, 6) is -1.11. The molecular weight excluding hydrogens is 568 g/mol. The Bertz CT molecular complexity index is 1600. The second kappa shape index (κ2) is 10.9. The molecule has 1 aromatic carbocycles. The highest BCUT2D eigenvalue weighted by Crippen LogP contribution is 2.44. The minimum absolute atomic E-state index is 0.0669. The Hall–Kier alpha value is -3.70. The van der Waals surface area contributed by atoms with Crippen LogP contribution in [0.2, 0.25) is 0 Å². The van der Waals surface area contributed by atoms with E-state index in [1.54, 1.807) is 39.2 Å². The van der Waals surface area contributed by atoms with Crippen LogP contribution >= 0.6 is 0 Å². The number of carbonyl (C=O) groups excluding carboxylic acids is 2. The molecule has 5 rings (SSSR count). The number of carbonyl (C=O) groups is 2. The standard InChI is InChI=1S/C26H34N8O7S/c1-7-27-22(35)18-17-19(41-26(5,6)40-17)23(39-18)34-13-30-16-20(28-12-29-21(16)34)32-24(36)31-14-8-10-15(11-9-14)42(37,38)33-25(2,3)4/h8-13,17-19,23,33H,7H2,1-6H3,(H,27,35)(H2,28,29,31,32,36)/t17-,18+,19-,23-/m1/s1. The number of benzene rings is 1. The number of ether oxygens (including phenoxy) is 3. The smallest absolute Gasteiger partial charge is 0.324 e. The van der Waals surface area contributed by atoms with Gasteiger partial charge in [-0.15, -0.1) is 0 Å². The zero-order chi connectivity index (χ0) is 30.4. The maximum Gasteiger partial charge on any atom is 0.324 e. The number of nitrogens with one attached hydrogen (secondary N) is 4. The third-order valence-corrected chi connectivity index (χ3v) is 8.14. The lowest BCUT2D eigenvalue weighted by atomic mass is 10.1. The fourth-order valence-corrected chi connectivity index (χ4v) is 6.28. The number of urea groups is 1. The van der Waals surface area contributed by atoms with Crippen LogP contribution in [-0.4, -0.2) is 76.1 Å². The molecule has 0 bridgehead atoms. The van der Waals surface area contributed by atoms with E-state index in [4.69, 9.17) is 14.2 Å². The maximum atomic E-state index is 12.8. The number of nitrogens with zero attached hydrogens (tertiary/aromatic N) is 4. The van der Waals surface area contributed by atoms with E-state index in [-0.39, 0.29) is 22.1 Å². The van der Waals surface area contributed by atoms with Crippen molar-refractivity contribution < 1.29 is 32.2 Å². The zero-order valence-corrected chi connectivity index (χ0v) is 24.9. The molecule has 15 nitrogen and oxygen atoms in total. The molecule has 2 aliphatic heterocycles. The van der Waals surface area contributed by atoms with Gasteiger partial charge in [0, 0.05) is 17.8 Å². The van der Waals surface area contributed by atoms with E-state index in [9.17, 15) is 18.0 Å². The number of rotatable bonds is 7. The molecule has 16 heteroatoms. The molecule has 0 radical (unpaired) electrons. The maximum absolute atomic E-state index is 12.8. The molecule has 4 atom stereocenters. The minimum atomic E-state index is -3.72. The lowest BCUT2D eigenvalue weighted by Crippen LogP contribution is -2.42. The predicted octanol–water partition coefficient (Wildman–Crippen LogP) is 2.10. The number of imidazole rings is 1. The molecule has 42 heavy (non-hydrogen) atoms. The van der Waals surface area contributed by atoms with E-state index >= 15 is 0 Å². The van der Waals surface area contributed by atoms with Gasteiger partial charge in [-0.3, -0.25) is 14.7 Å². The summed E-state index contributed by atoms with van der Waals surface area (Å²) in [6.45, 7) is 11.0. The van der Waals surface area contributed by atoms with E-state index in [1.807, 2.05) is 6.92 Å². The number of sulfonamides is 1. The Balaban J connectivity index is 1.33. The van der Waals surface area contributed by atoms with Crippen LogP contribution in [0, 0.1) is 0 Å². The molecule has 4 heterocycles. The Morgan fingerprint density at radius 3 is 2.38 bits per heavy atom. The largest absolute Gasteiger partial charge is 0.354 e. The minimum Gasteiger partial charge on any atom is -0.354 e. The fraction of sp³-hybridized carbons (Fsp3) is 0.500. The number of fused-ring (bicyclic) bond motifs is 2. The van der Waals surface area contributed by atoms with Gasteiger partial charge in [-0.2, -0.15) is 0 Å². The molecule has 0 spiro atoms. The van der Waals surface area contributed by atoms with Crippen molar-refractivity contribution in [3.63, 3.8) is 0 Å². The first-order chi connectivity index (χ1) is 19.7. The van der Waals surface area contributed by atoms with Gasteiger partial charge in [-0.05, 0) is 65.8 Å². The van der Waals surface area contributed by atoms with Crippen molar-refractivity contribution in [1.82, 2.24) is 29.6 Å². The molecule has 0 unspecified atom stereocenters. The van der Waals surface area contributed by atoms with Crippen molar-refractivity contribution in [2.75, 3.05) is 17.2 Å². The van der Waals surface area contributed by atoms with Crippen molar-refractivity contribution in [3.8, 4) is 0 Å². The van der Waals surface area contributed by atoms with E-state index in [1.165, 1.54) is 36.9 Å². The van der Waals surface area contributed by atoms with Crippen LogP contribution in [0.5, 0.6) is 0 Å². The van der Waals surface area contributed by atoms with Crippen molar-refractivity contribution in [3.05, 3.63) is 36.9 Å². The summed E-state index contributed by atoms with van der Waals surface area (Å²) in [4.78, 5) is 38.5. The van der Waals surface area contributed by atoms with Crippen LogP contribution in [0.3, 0.4) is 0 Å². The monoisotopic (exact) mass is 602 g/mol. The molecule has 3 amide bonds. The molecule has 4 N–H and O–H groups in total.